The highest BCUT2D eigenvalue weighted by Crippen LogP contribution is 2.24. The topological polar surface area (TPSA) is 53.6 Å². The van der Waals surface area contributed by atoms with Crippen LogP contribution in [0.3, 0.4) is 0 Å². The van der Waals surface area contributed by atoms with Crippen LogP contribution in [0.2, 0.25) is 0 Å². The lowest BCUT2D eigenvalue weighted by atomic mass is 10.0. The summed E-state index contributed by atoms with van der Waals surface area (Å²) in [4.78, 5) is 11.9. The normalized spacial score (nSPS) is 11.1. The van der Waals surface area contributed by atoms with E-state index in [4.69, 9.17) is 0 Å². The number of fused-ring (bicyclic) bond motifs is 1. The van der Waals surface area contributed by atoms with Gasteiger partial charge in [0.2, 0.25) is 0 Å². The van der Waals surface area contributed by atoms with Crippen LogP contribution in [0, 0.1) is 6.92 Å². The quantitative estimate of drug-likeness (QED) is 0.284. The van der Waals surface area contributed by atoms with Crippen molar-refractivity contribution in [3.63, 3.8) is 0 Å². The SMILES string of the molecule is Cc1cnccc1Cc1cnccc1Nc1ccc(CCCc2c[nH]c3ccccc23)cc1. The maximum atomic E-state index is 4.34. The zero-order valence-corrected chi connectivity index (χ0v) is 18.9. The zero-order valence-electron chi connectivity index (χ0n) is 18.9. The molecule has 0 unspecified atom stereocenters. The Hall–Kier alpha value is -3.92. The van der Waals surface area contributed by atoms with Crippen LogP contribution in [0.1, 0.15) is 34.2 Å². The number of aromatic amines is 1. The number of aryl methyl sites for hydroxylation is 3. The van der Waals surface area contributed by atoms with Crippen molar-refractivity contribution in [2.75, 3.05) is 5.32 Å². The van der Waals surface area contributed by atoms with Gasteiger partial charge >= 0.3 is 0 Å². The van der Waals surface area contributed by atoms with Gasteiger partial charge in [-0.25, -0.2) is 0 Å². The van der Waals surface area contributed by atoms with E-state index < -0.39 is 0 Å². The smallest absolute Gasteiger partial charge is 0.0456 e. The molecule has 0 radical (unpaired) electrons. The fourth-order valence-corrected chi connectivity index (χ4v) is 4.33. The fraction of sp³-hybridized carbons (Fsp3) is 0.172. The van der Waals surface area contributed by atoms with Crippen LogP contribution in [-0.4, -0.2) is 15.0 Å². The van der Waals surface area contributed by atoms with E-state index in [1.165, 1.54) is 38.7 Å². The Bertz CT molecular complexity index is 1350. The zero-order chi connectivity index (χ0) is 22.5. The second-order valence-corrected chi connectivity index (χ2v) is 8.55. The van der Waals surface area contributed by atoms with Crippen LogP contribution >= 0.6 is 0 Å². The molecular weight excluding hydrogens is 404 g/mol. The van der Waals surface area contributed by atoms with Crippen LogP contribution < -0.4 is 5.32 Å². The number of nitrogens with zero attached hydrogens (tertiary/aromatic N) is 2. The summed E-state index contributed by atoms with van der Waals surface area (Å²) in [6.07, 6.45) is 13.8. The summed E-state index contributed by atoms with van der Waals surface area (Å²) in [5.41, 5.74) is 9.81. The van der Waals surface area contributed by atoms with Gasteiger partial charge in [0.25, 0.3) is 0 Å². The van der Waals surface area contributed by atoms with Crippen LogP contribution in [0.5, 0.6) is 0 Å². The van der Waals surface area contributed by atoms with Gasteiger partial charge in [-0.15, -0.1) is 0 Å². The van der Waals surface area contributed by atoms with Gasteiger partial charge in [0.1, 0.15) is 0 Å². The number of pyridine rings is 2. The minimum absolute atomic E-state index is 0.830. The number of aromatic nitrogens is 3. The Morgan fingerprint density at radius 2 is 1.61 bits per heavy atom. The number of benzene rings is 2. The second kappa shape index (κ2) is 9.70. The van der Waals surface area contributed by atoms with Crippen LogP contribution in [0.15, 0.2) is 91.6 Å². The molecule has 0 saturated carbocycles. The summed E-state index contributed by atoms with van der Waals surface area (Å²) < 4.78 is 0. The molecule has 0 amide bonds. The first-order valence-corrected chi connectivity index (χ1v) is 11.5. The first-order chi connectivity index (χ1) is 16.3. The summed E-state index contributed by atoms with van der Waals surface area (Å²) in [5.74, 6) is 0. The molecule has 4 heteroatoms. The molecule has 0 aliphatic heterocycles. The molecular formula is C29H28N4. The number of H-pyrrole nitrogens is 1. The van der Waals surface area contributed by atoms with Crippen LogP contribution in [0.25, 0.3) is 10.9 Å². The number of nitrogens with one attached hydrogen (secondary N) is 2. The van der Waals surface area contributed by atoms with E-state index in [1.54, 1.807) is 0 Å². The Kier molecular flexibility index (Phi) is 6.16. The Balaban J connectivity index is 1.21. The standard InChI is InChI=1S/C29H28N4/c1-21-18-30-15-13-23(21)17-25-19-31-16-14-28(25)33-26-11-9-22(10-12-26)5-4-6-24-20-32-29-8-3-2-7-27(24)29/h2-3,7-16,18-20,32H,4-6,17H2,1H3,(H,31,33). The molecule has 164 valence electrons. The third kappa shape index (κ3) is 4.96. The van der Waals surface area contributed by atoms with E-state index in [0.29, 0.717) is 0 Å². The first kappa shape index (κ1) is 21.0. The van der Waals surface area contributed by atoms with Crippen molar-refractivity contribution in [2.45, 2.75) is 32.6 Å². The van der Waals surface area contributed by atoms with E-state index >= 15 is 0 Å². The highest BCUT2D eigenvalue weighted by molar-refractivity contribution is 5.83. The maximum absolute atomic E-state index is 4.34. The first-order valence-electron chi connectivity index (χ1n) is 11.5. The summed E-state index contributed by atoms with van der Waals surface area (Å²) in [6.45, 7) is 2.10. The van der Waals surface area contributed by atoms with Crippen molar-refractivity contribution in [1.82, 2.24) is 15.0 Å². The van der Waals surface area contributed by atoms with Gasteiger partial charge in [0, 0.05) is 59.7 Å². The van der Waals surface area contributed by atoms with Gasteiger partial charge in [-0.3, -0.25) is 9.97 Å². The van der Waals surface area contributed by atoms with Crippen LogP contribution in [-0.2, 0) is 19.3 Å². The maximum Gasteiger partial charge on any atom is 0.0456 e. The van der Waals surface area contributed by atoms with E-state index in [9.17, 15) is 0 Å². The average Bonchev–Trinajstić information content (AvgIpc) is 3.26. The van der Waals surface area contributed by atoms with E-state index in [1.807, 2.05) is 30.9 Å². The molecule has 0 bridgehead atoms. The average molecular weight is 433 g/mol. The third-order valence-electron chi connectivity index (χ3n) is 6.24. The molecule has 0 aliphatic carbocycles. The number of para-hydroxylation sites is 1. The lowest BCUT2D eigenvalue weighted by Crippen LogP contribution is -2.00. The van der Waals surface area contributed by atoms with Gasteiger partial charge in [0.05, 0.1) is 0 Å². The molecule has 0 saturated heterocycles. The van der Waals surface area contributed by atoms with Gasteiger partial charge in [-0.1, -0.05) is 30.3 Å². The third-order valence-corrected chi connectivity index (χ3v) is 6.24. The van der Waals surface area contributed by atoms with E-state index in [0.717, 1.165) is 37.1 Å². The fourth-order valence-electron chi connectivity index (χ4n) is 4.33. The van der Waals surface area contributed by atoms with Gasteiger partial charge in [0.15, 0.2) is 0 Å². The second-order valence-electron chi connectivity index (χ2n) is 8.55. The van der Waals surface area contributed by atoms with E-state index in [-0.39, 0.29) is 0 Å². The Morgan fingerprint density at radius 1 is 0.788 bits per heavy atom. The molecule has 4 nitrogen and oxygen atoms in total. The van der Waals surface area contributed by atoms with Gasteiger partial charge in [-0.05, 0) is 84.3 Å². The Labute approximate surface area is 194 Å². The lowest BCUT2D eigenvalue weighted by Gasteiger charge is -2.13. The van der Waals surface area contributed by atoms with Crippen molar-refractivity contribution >= 4 is 22.3 Å². The molecule has 0 atom stereocenters. The number of rotatable bonds is 8. The van der Waals surface area contributed by atoms with Crippen molar-refractivity contribution in [3.8, 4) is 0 Å². The van der Waals surface area contributed by atoms with Crippen molar-refractivity contribution in [1.29, 1.82) is 0 Å². The van der Waals surface area contributed by atoms with Crippen molar-refractivity contribution in [2.24, 2.45) is 0 Å². The minimum Gasteiger partial charge on any atom is -0.361 e. The van der Waals surface area contributed by atoms with Gasteiger partial charge < -0.3 is 10.3 Å². The molecule has 33 heavy (non-hydrogen) atoms. The number of hydrogen-bond acceptors (Lipinski definition) is 3. The number of anilines is 2. The predicted molar refractivity (Wildman–Crippen MR) is 136 cm³/mol. The minimum atomic E-state index is 0.830. The molecule has 5 rings (SSSR count). The highest BCUT2D eigenvalue weighted by Gasteiger charge is 2.07. The van der Waals surface area contributed by atoms with E-state index in [2.05, 4.69) is 88.0 Å². The molecule has 0 fully saturated rings. The predicted octanol–water partition coefficient (Wildman–Crippen LogP) is 6.78. The van der Waals surface area contributed by atoms with Gasteiger partial charge in [-0.2, -0.15) is 0 Å². The number of hydrogen-bond donors (Lipinski definition) is 2. The van der Waals surface area contributed by atoms with Crippen molar-refractivity contribution < 1.29 is 0 Å². The van der Waals surface area contributed by atoms with Crippen LogP contribution in [0.4, 0.5) is 11.4 Å². The monoisotopic (exact) mass is 432 g/mol. The molecule has 0 spiro atoms. The van der Waals surface area contributed by atoms with Crippen molar-refractivity contribution in [3.05, 3.63) is 119 Å². The lowest BCUT2D eigenvalue weighted by molar-refractivity contribution is 0.825. The largest absolute Gasteiger partial charge is 0.361 e. The molecule has 2 N–H and O–H groups in total. The molecule has 3 aromatic heterocycles. The highest BCUT2D eigenvalue weighted by atomic mass is 14.9. The summed E-state index contributed by atoms with van der Waals surface area (Å²) in [5, 5.41) is 4.92. The summed E-state index contributed by atoms with van der Waals surface area (Å²) >= 11 is 0. The summed E-state index contributed by atoms with van der Waals surface area (Å²) in [6, 6.07) is 21.4. The summed E-state index contributed by atoms with van der Waals surface area (Å²) in [7, 11) is 0. The molecule has 5 aromatic rings. The molecule has 3 heterocycles. The molecule has 0 aliphatic rings. The molecule has 2 aromatic carbocycles. The Morgan fingerprint density at radius 3 is 2.48 bits per heavy atom.